The van der Waals surface area contributed by atoms with Gasteiger partial charge in [0, 0.05) is 23.6 Å². The van der Waals surface area contributed by atoms with Crippen molar-refractivity contribution in [3.05, 3.63) is 83.1 Å². The normalized spacial score (nSPS) is 11.7. The maximum atomic E-state index is 12.4. The van der Waals surface area contributed by atoms with E-state index in [2.05, 4.69) is 20.0 Å². The first-order valence-electron chi connectivity index (χ1n) is 9.60. The number of hydrogen-bond acceptors (Lipinski definition) is 7. The fourth-order valence-corrected chi connectivity index (χ4v) is 4.82. The minimum absolute atomic E-state index is 0.0344. The van der Waals surface area contributed by atoms with Crippen LogP contribution in [0.4, 0.5) is 0 Å². The van der Waals surface area contributed by atoms with Crippen LogP contribution in [0.1, 0.15) is 16.2 Å². The topological polar surface area (TPSA) is 106 Å². The van der Waals surface area contributed by atoms with Gasteiger partial charge in [-0.15, -0.1) is 10.2 Å². The first-order chi connectivity index (χ1) is 15.4. The maximum absolute atomic E-state index is 12.4. The van der Waals surface area contributed by atoms with E-state index in [0.717, 1.165) is 0 Å². The number of sulfonamides is 1. The molecule has 0 fully saturated rings. The van der Waals surface area contributed by atoms with Gasteiger partial charge in [0.2, 0.25) is 10.0 Å². The van der Waals surface area contributed by atoms with Crippen LogP contribution < -0.4 is 4.72 Å². The van der Waals surface area contributed by atoms with E-state index >= 15 is 0 Å². The summed E-state index contributed by atoms with van der Waals surface area (Å²) < 4.78 is 28.8. The summed E-state index contributed by atoms with van der Waals surface area (Å²) >= 11 is 7.16. The minimum atomic E-state index is -3.60. The average molecular weight is 488 g/mol. The van der Waals surface area contributed by atoms with Gasteiger partial charge < -0.3 is 0 Å². The van der Waals surface area contributed by atoms with Gasteiger partial charge in [0.05, 0.1) is 10.6 Å². The van der Waals surface area contributed by atoms with Crippen molar-refractivity contribution >= 4 is 44.8 Å². The quantitative estimate of drug-likeness (QED) is 0.285. The average Bonchev–Trinajstić information content (AvgIpc) is 3.20. The van der Waals surface area contributed by atoms with Crippen molar-refractivity contribution in [1.29, 1.82) is 0 Å². The lowest BCUT2D eigenvalue weighted by Gasteiger charge is -2.06. The molecule has 2 aromatic carbocycles. The molecule has 164 valence electrons. The predicted octanol–water partition coefficient (Wildman–Crippen LogP) is 3.27. The summed E-state index contributed by atoms with van der Waals surface area (Å²) in [6.07, 6.45) is 0.304. The third-order valence-electron chi connectivity index (χ3n) is 4.51. The third kappa shape index (κ3) is 5.33. The van der Waals surface area contributed by atoms with Gasteiger partial charge in [-0.25, -0.2) is 13.1 Å². The number of ketones is 1. The van der Waals surface area contributed by atoms with E-state index in [-0.39, 0.29) is 23.0 Å². The number of Topliss-reactive ketones (excluding diaryl/α,β-unsaturated/α-hetero) is 1. The van der Waals surface area contributed by atoms with Crippen molar-refractivity contribution in [3.63, 3.8) is 0 Å². The van der Waals surface area contributed by atoms with Crippen LogP contribution in [-0.2, 0) is 16.4 Å². The van der Waals surface area contributed by atoms with Crippen molar-refractivity contribution in [3.8, 4) is 0 Å². The molecule has 0 atom stereocenters. The molecule has 0 radical (unpaired) electrons. The predicted molar refractivity (Wildman–Crippen MR) is 123 cm³/mol. The van der Waals surface area contributed by atoms with Gasteiger partial charge in [-0.05, 0) is 48.5 Å². The summed E-state index contributed by atoms with van der Waals surface area (Å²) in [5, 5.41) is 13.9. The van der Waals surface area contributed by atoms with Gasteiger partial charge in [-0.3, -0.25) is 4.79 Å². The number of halogens is 1. The Kier molecular flexibility index (Phi) is 6.85. The van der Waals surface area contributed by atoms with Crippen molar-refractivity contribution in [2.24, 2.45) is 0 Å². The number of aromatic nitrogens is 4. The summed E-state index contributed by atoms with van der Waals surface area (Å²) in [4.78, 5) is 12.6. The third-order valence-corrected chi connectivity index (χ3v) is 7.16. The zero-order chi connectivity index (χ0) is 22.6. The highest BCUT2D eigenvalue weighted by molar-refractivity contribution is 7.99. The summed E-state index contributed by atoms with van der Waals surface area (Å²) in [5.41, 5.74) is 1.12. The van der Waals surface area contributed by atoms with Gasteiger partial charge in [0.15, 0.2) is 17.3 Å². The fourth-order valence-electron chi connectivity index (χ4n) is 2.89. The second-order valence-electron chi connectivity index (χ2n) is 6.74. The molecule has 4 aromatic rings. The van der Waals surface area contributed by atoms with Crippen LogP contribution in [0.2, 0.25) is 5.02 Å². The molecule has 2 aromatic heterocycles. The molecule has 0 aliphatic carbocycles. The number of benzene rings is 2. The van der Waals surface area contributed by atoms with Crippen molar-refractivity contribution in [2.75, 3.05) is 12.3 Å². The monoisotopic (exact) mass is 487 g/mol. The number of carbonyl (C=O) groups is 1. The molecule has 0 saturated carbocycles. The molecule has 0 spiro atoms. The van der Waals surface area contributed by atoms with Crippen LogP contribution in [-0.4, -0.2) is 46.3 Å². The lowest BCUT2D eigenvalue weighted by atomic mass is 10.1. The van der Waals surface area contributed by atoms with Crippen molar-refractivity contribution in [2.45, 2.75) is 16.3 Å². The number of nitrogens with zero attached hydrogens (tertiary/aromatic N) is 4. The molecule has 0 saturated heterocycles. The first-order valence-corrected chi connectivity index (χ1v) is 12.4. The number of carbonyl (C=O) groups excluding carboxylic acids is 1. The number of thioether (sulfide) groups is 1. The molecule has 0 unspecified atom stereocenters. The Balaban J connectivity index is 1.40. The standard InChI is InChI=1S/C21H18ClN5O3S2/c22-16-8-6-15(7-9-16)18(28)14-31-21-11-10-19-24-25-20(27(19)26-21)12-13-23-32(29,30)17-4-2-1-3-5-17/h1-11,23H,12-14H2. The van der Waals surface area contributed by atoms with Crippen LogP contribution in [0, 0.1) is 0 Å². The molecule has 4 rings (SSSR count). The Morgan fingerprint density at radius 2 is 1.75 bits per heavy atom. The lowest BCUT2D eigenvalue weighted by Crippen LogP contribution is -2.26. The summed E-state index contributed by atoms with van der Waals surface area (Å²) in [6.45, 7) is 0.145. The highest BCUT2D eigenvalue weighted by atomic mass is 35.5. The van der Waals surface area contributed by atoms with Gasteiger partial charge in [0.25, 0.3) is 0 Å². The molecule has 2 heterocycles. The molecule has 32 heavy (non-hydrogen) atoms. The zero-order valence-corrected chi connectivity index (χ0v) is 19.1. The lowest BCUT2D eigenvalue weighted by molar-refractivity contribution is 0.102. The number of hydrogen-bond donors (Lipinski definition) is 1. The largest absolute Gasteiger partial charge is 0.293 e. The number of rotatable bonds is 9. The van der Waals surface area contributed by atoms with Gasteiger partial charge in [-0.1, -0.05) is 41.6 Å². The summed E-state index contributed by atoms with van der Waals surface area (Å²) in [6, 6.07) is 18.4. The van der Waals surface area contributed by atoms with E-state index in [4.69, 9.17) is 11.6 Å². The van der Waals surface area contributed by atoms with Gasteiger partial charge in [-0.2, -0.15) is 9.61 Å². The van der Waals surface area contributed by atoms with E-state index in [1.54, 1.807) is 59.1 Å². The Morgan fingerprint density at radius 3 is 2.50 bits per heavy atom. The van der Waals surface area contributed by atoms with Crippen LogP contribution in [0.25, 0.3) is 5.65 Å². The summed E-state index contributed by atoms with van der Waals surface area (Å²) in [5.74, 6) is 0.698. The molecule has 11 heteroatoms. The van der Waals surface area contributed by atoms with Crippen molar-refractivity contribution < 1.29 is 13.2 Å². The van der Waals surface area contributed by atoms with E-state index in [1.807, 2.05) is 0 Å². The smallest absolute Gasteiger partial charge is 0.240 e. The molecular formula is C21H18ClN5O3S2. The van der Waals surface area contributed by atoms with E-state index < -0.39 is 10.0 Å². The number of nitrogens with one attached hydrogen (secondary N) is 1. The molecular weight excluding hydrogens is 470 g/mol. The van der Waals surface area contributed by atoms with Crippen molar-refractivity contribution in [1.82, 2.24) is 24.5 Å². The van der Waals surface area contributed by atoms with Crippen LogP contribution in [0.15, 0.2) is 76.7 Å². The first kappa shape index (κ1) is 22.4. The van der Waals surface area contributed by atoms with Gasteiger partial charge >= 0.3 is 0 Å². The van der Waals surface area contributed by atoms with Gasteiger partial charge in [0.1, 0.15) is 5.03 Å². The van der Waals surface area contributed by atoms with E-state index in [1.165, 1.54) is 23.9 Å². The molecule has 1 N–H and O–H groups in total. The number of fused-ring (bicyclic) bond motifs is 1. The second-order valence-corrected chi connectivity index (χ2v) is 9.94. The Bertz CT molecular complexity index is 1340. The molecule has 0 bridgehead atoms. The highest BCUT2D eigenvalue weighted by Crippen LogP contribution is 2.19. The molecule has 0 aliphatic rings. The summed E-state index contributed by atoms with van der Waals surface area (Å²) in [7, 11) is -3.60. The molecule has 0 aliphatic heterocycles. The Labute approximate surface area is 194 Å². The fraction of sp³-hybridized carbons (Fsp3) is 0.143. The highest BCUT2D eigenvalue weighted by Gasteiger charge is 2.15. The SMILES string of the molecule is O=C(CSc1ccc2nnc(CCNS(=O)(=O)c3ccccc3)n2n1)c1ccc(Cl)cc1. The Morgan fingerprint density at radius 1 is 1.00 bits per heavy atom. The Hall–Kier alpha value is -2.79. The second kappa shape index (κ2) is 9.78. The maximum Gasteiger partial charge on any atom is 0.240 e. The van der Waals surface area contributed by atoms with Crippen LogP contribution in [0.5, 0.6) is 0 Å². The van der Waals surface area contributed by atoms with Crippen LogP contribution >= 0.6 is 23.4 Å². The zero-order valence-electron chi connectivity index (χ0n) is 16.7. The van der Waals surface area contributed by atoms with E-state index in [0.29, 0.717) is 33.5 Å². The van der Waals surface area contributed by atoms with E-state index in [9.17, 15) is 13.2 Å². The molecule has 8 nitrogen and oxygen atoms in total. The molecule has 0 amide bonds. The minimum Gasteiger partial charge on any atom is -0.293 e. The van der Waals surface area contributed by atoms with Crippen LogP contribution in [0.3, 0.4) is 0 Å².